The summed E-state index contributed by atoms with van der Waals surface area (Å²) in [7, 11) is 0. The van der Waals surface area contributed by atoms with Gasteiger partial charge < -0.3 is 16.4 Å². The molecule has 0 saturated heterocycles. The minimum atomic E-state index is -0.606. The van der Waals surface area contributed by atoms with E-state index in [1.807, 2.05) is 27.7 Å². The van der Waals surface area contributed by atoms with Gasteiger partial charge in [-0.1, -0.05) is 38.4 Å². The van der Waals surface area contributed by atoms with E-state index in [1.54, 1.807) is 18.2 Å². The number of hydrogen-bond acceptors (Lipinski definition) is 3. The van der Waals surface area contributed by atoms with Crippen molar-refractivity contribution in [3.05, 3.63) is 28.8 Å². The third kappa shape index (κ3) is 5.31. The number of nitrogens with two attached hydrogens (primary N) is 1. The van der Waals surface area contributed by atoms with Crippen molar-refractivity contribution in [3.8, 4) is 0 Å². The number of carbonyl (C=O) groups is 2. The summed E-state index contributed by atoms with van der Waals surface area (Å²) in [5.74, 6) is -0.436. The number of rotatable bonds is 5. The van der Waals surface area contributed by atoms with Crippen molar-refractivity contribution >= 4 is 29.1 Å². The molecule has 0 bridgehead atoms. The first-order valence-corrected chi connectivity index (χ1v) is 7.59. The Morgan fingerprint density at radius 3 is 2.55 bits per heavy atom. The highest BCUT2D eigenvalue weighted by atomic mass is 35.5. The summed E-state index contributed by atoms with van der Waals surface area (Å²) >= 11 is 6.00. The molecule has 0 heterocycles. The van der Waals surface area contributed by atoms with E-state index in [1.165, 1.54) is 0 Å². The number of carbonyl (C=O) groups excluding carboxylic acids is 2. The number of amides is 2. The lowest BCUT2D eigenvalue weighted by Gasteiger charge is -2.25. The fraction of sp³-hybridized carbons (Fsp3) is 0.500. The SMILES string of the molecule is Cc1c(Cl)cccc1NC(=O)CCNC(=O)[C@@H](N)C(C)(C)C. The van der Waals surface area contributed by atoms with Gasteiger partial charge in [0.1, 0.15) is 0 Å². The molecule has 0 unspecified atom stereocenters. The molecule has 0 radical (unpaired) electrons. The van der Waals surface area contributed by atoms with Gasteiger partial charge in [0.25, 0.3) is 0 Å². The van der Waals surface area contributed by atoms with Gasteiger partial charge in [-0.2, -0.15) is 0 Å². The molecule has 0 aliphatic carbocycles. The second-order valence-electron chi connectivity index (χ2n) is 6.35. The Kier molecular flexibility index (Phi) is 6.38. The molecule has 6 heteroatoms. The first-order valence-electron chi connectivity index (χ1n) is 7.21. The lowest BCUT2D eigenvalue weighted by molar-refractivity contribution is -0.124. The standard InChI is InChI=1S/C16H24ClN3O2/c1-10-11(17)6-5-7-12(10)20-13(21)8-9-19-15(22)14(18)16(2,3)4/h5-7,14H,8-9,18H2,1-4H3,(H,19,22)(H,20,21)/t14-/m1/s1. The number of anilines is 1. The zero-order valence-electron chi connectivity index (χ0n) is 13.5. The zero-order chi connectivity index (χ0) is 16.9. The van der Waals surface area contributed by atoms with Crippen molar-refractivity contribution in [3.63, 3.8) is 0 Å². The summed E-state index contributed by atoms with van der Waals surface area (Å²) < 4.78 is 0. The van der Waals surface area contributed by atoms with E-state index < -0.39 is 6.04 Å². The highest BCUT2D eigenvalue weighted by molar-refractivity contribution is 6.31. The normalized spacial score (nSPS) is 12.6. The number of nitrogens with one attached hydrogen (secondary N) is 2. The number of benzene rings is 1. The molecule has 1 aromatic rings. The highest BCUT2D eigenvalue weighted by Gasteiger charge is 2.27. The molecule has 0 spiro atoms. The third-order valence-electron chi connectivity index (χ3n) is 3.41. The van der Waals surface area contributed by atoms with Crippen LogP contribution in [0.1, 0.15) is 32.8 Å². The van der Waals surface area contributed by atoms with Crippen LogP contribution >= 0.6 is 11.6 Å². The van der Waals surface area contributed by atoms with Crippen molar-refractivity contribution in [2.75, 3.05) is 11.9 Å². The molecule has 0 aromatic heterocycles. The first-order chi connectivity index (χ1) is 10.1. The largest absolute Gasteiger partial charge is 0.354 e. The van der Waals surface area contributed by atoms with E-state index in [4.69, 9.17) is 17.3 Å². The summed E-state index contributed by atoms with van der Waals surface area (Å²) in [6.07, 6.45) is 0.175. The van der Waals surface area contributed by atoms with Crippen LogP contribution in [0, 0.1) is 12.3 Å². The minimum absolute atomic E-state index is 0.175. The van der Waals surface area contributed by atoms with Crippen molar-refractivity contribution in [1.29, 1.82) is 0 Å². The highest BCUT2D eigenvalue weighted by Crippen LogP contribution is 2.23. The van der Waals surface area contributed by atoms with E-state index in [2.05, 4.69) is 10.6 Å². The summed E-state index contributed by atoms with van der Waals surface area (Å²) in [6.45, 7) is 7.76. The lowest BCUT2D eigenvalue weighted by atomic mass is 9.87. The van der Waals surface area contributed by atoms with Crippen molar-refractivity contribution in [2.45, 2.75) is 40.2 Å². The Morgan fingerprint density at radius 1 is 1.32 bits per heavy atom. The van der Waals surface area contributed by atoms with E-state index >= 15 is 0 Å². The fourth-order valence-corrected chi connectivity index (χ4v) is 1.93. The fourth-order valence-electron chi connectivity index (χ4n) is 1.76. The Labute approximate surface area is 136 Å². The maximum atomic E-state index is 11.9. The summed E-state index contributed by atoms with van der Waals surface area (Å²) in [4.78, 5) is 23.7. The molecule has 2 amide bonds. The van der Waals surface area contributed by atoms with E-state index in [0.717, 1.165) is 5.56 Å². The monoisotopic (exact) mass is 325 g/mol. The number of halogens is 1. The number of hydrogen-bond donors (Lipinski definition) is 3. The molecule has 4 N–H and O–H groups in total. The van der Waals surface area contributed by atoms with Gasteiger partial charge in [0.2, 0.25) is 11.8 Å². The van der Waals surface area contributed by atoms with E-state index in [-0.39, 0.29) is 30.2 Å². The minimum Gasteiger partial charge on any atom is -0.354 e. The van der Waals surface area contributed by atoms with Gasteiger partial charge in [-0.3, -0.25) is 9.59 Å². The Morgan fingerprint density at radius 2 is 1.95 bits per heavy atom. The predicted octanol–water partition coefficient (Wildman–Crippen LogP) is 2.47. The van der Waals surface area contributed by atoms with Crippen molar-refractivity contribution < 1.29 is 9.59 Å². The average Bonchev–Trinajstić information content (AvgIpc) is 2.42. The van der Waals surface area contributed by atoms with Crippen LogP contribution in [-0.4, -0.2) is 24.4 Å². The van der Waals surface area contributed by atoms with Crippen LogP contribution in [0.4, 0.5) is 5.69 Å². The van der Waals surface area contributed by atoms with Gasteiger partial charge in [0.05, 0.1) is 6.04 Å². The van der Waals surface area contributed by atoms with Crippen LogP contribution in [0.25, 0.3) is 0 Å². The Balaban J connectivity index is 2.44. The molecular formula is C16H24ClN3O2. The summed E-state index contributed by atoms with van der Waals surface area (Å²) in [5, 5.41) is 6.06. The Bertz CT molecular complexity index is 553. The molecule has 1 rings (SSSR count). The van der Waals surface area contributed by atoms with Gasteiger partial charge in [-0.25, -0.2) is 0 Å². The van der Waals surface area contributed by atoms with Gasteiger partial charge >= 0.3 is 0 Å². The van der Waals surface area contributed by atoms with Gasteiger partial charge in [0, 0.05) is 23.7 Å². The maximum Gasteiger partial charge on any atom is 0.237 e. The first kappa shape index (κ1) is 18.5. The van der Waals surface area contributed by atoms with Gasteiger partial charge in [-0.05, 0) is 30.0 Å². The van der Waals surface area contributed by atoms with Crippen LogP contribution in [0.15, 0.2) is 18.2 Å². The summed E-state index contributed by atoms with van der Waals surface area (Å²) in [6, 6.07) is 4.72. The molecule has 1 aromatic carbocycles. The van der Waals surface area contributed by atoms with E-state index in [9.17, 15) is 9.59 Å². The molecule has 0 aliphatic rings. The van der Waals surface area contributed by atoms with Crippen LogP contribution in [0.5, 0.6) is 0 Å². The molecule has 0 aliphatic heterocycles. The Hall–Kier alpha value is -1.59. The zero-order valence-corrected chi connectivity index (χ0v) is 14.3. The van der Waals surface area contributed by atoms with Crippen LogP contribution < -0.4 is 16.4 Å². The van der Waals surface area contributed by atoms with Crippen LogP contribution in [0.3, 0.4) is 0 Å². The van der Waals surface area contributed by atoms with Gasteiger partial charge in [-0.15, -0.1) is 0 Å². The molecule has 22 heavy (non-hydrogen) atoms. The van der Waals surface area contributed by atoms with E-state index in [0.29, 0.717) is 10.7 Å². The molecular weight excluding hydrogens is 302 g/mol. The lowest BCUT2D eigenvalue weighted by Crippen LogP contribution is -2.49. The average molecular weight is 326 g/mol. The molecule has 5 nitrogen and oxygen atoms in total. The smallest absolute Gasteiger partial charge is 0.237 e. The van der Waals surface area contributed by atoms with Crippen molar-refractivity contribution in [2.24, 2.45) is 11.1 Å². The quantitative estimate of drug-likeness (QED) is 0.777. The topological polar surface area (TPSA) is 84.2 Å². The maximum absolute atomic E-state index is 11.9. The van der Waals surface area contributed by atoms with Crippen molar-refractivity contribution in [1.82, 2.24) is 5.32 Å². The molecule has 122 valence electrons. The predicted molar refractivity (Wildman–Crippen MR) is 89.9 cm³/mol. The van der Waals surface area contributed by atoms with Gasteiger partial charge in [0.15, 0.2) is 0 Å². The second kappa shape index (κ2) is 7.61. The van der Waals surface area contributed by atoms with Crippen LogP contribution in [0.2, 0.25) is 5.02 Å². The summed E-state index contributed by atoms with van der Waals surface area (Å²) in [5.41, 5.74) is 7.02. The molecule has 0 fully saturated rings. The molecule has 0 saturated carbocycles. The molecule has 1 atom stereocenters. The third-order valence-corrected chi connectivity index (χ3v) is 3.82. The van der Waals surface area contributed by atoms with Crippen LogP contribution in [-0.2, 0) is 9.59 Å². The second-order valence-corrected chi connectivity index (χ2v) is 6.75.